The number of nitrogens with one attached hydrogen (secondary N) is 1. The van der Waals surface area contributed by atoms with Crippen molar-refractivity contribution in [1.29, 1.82) is 0 Å². The second kappa shape index (κ2) is 65.7. The summed E-state index contributed by atoms with van der Waals surface area (Å²) in [6.07, 6.45) is 84.6. The van der Waals surface area contributed by atoms with Crippen molar-refractivity contribution < 1.29 is 32.9 Å². The number of unbranched alkanes of at least 4 members (excludes halogenated alkanes) is 56. The zero-order valence-corrected chi connectivity index (χ0v) is 57.8. The lowest BCUT2D eigenvalue weighted by Gasteiger charge is -2.30. The van der Waals surface area contributed by atoms with Gasteiger partial charge in [0.15, 0.2) is 0 Å². The number of allylic oxidation sites excluding steroid dienone is 2. The lowest BCUT2D eigenvalue weighted by atomic mass is 10.0. The van der Waals surface area contributed by atoms with Gasteiger partial charge >= 0.3 is 0 Å². The van der Waals surface area contributed by atoms with Gasteiger partial charge in [0.05, 0.1) is 39.9 Å². The third-order valence-corrected chi connectivity index (χ3v) is 18.7. The highest BCUT2D eigenvalue weighted by Crippen LogP contribution is 2.38. The van der Waals surface area contributed by atoms with E-state index in [2.05, 4.69) is 31.3 Å². The molecule has 0 aromatic heterocycles. The van der Waals surface area contributed by atoms with Crippen molar-refractivity contribution in [2.75, 3.05) is 40.9 Å². The highest BCUT2D eigenvalue weighted by Gasteiger charge is 2.24. The standard InChI is InChI=1S/C74H149N2O6P/c1-6-8-10-12-14-16-18-20-22-24-26-28-30-32-33-34-35-36-37-38-39-40-41-42-43-44-46-48-50-52-54-56-58-60-62-64-66-68-74(78)75-72(71-82-83(79,80)81-70-69-76(3,4)5)73(77)67-65-63-61-59-57-55-53-51-49-47-45-31-29-27-25-23-21-19-17-15-13-11-9-7-2/h24,26,72-73,77H,6-23,25,27-71H2,1-5H3,(H-,75,78,79,80)/b26-24-. The largest absolute Gasteiger partial charge is 0.756 e. The van der Waals surface area contributed by atoms with Crippen LogP contribution in [0, 0.1) is 0 Å². The highest BCUT2D eigenvalue weighted by atomic mass is 31.2. The molecule has 3 atom stereocenters. The summed E-state index contributed by atoms with van der Waals surface area (Å²) in [7, 11) is 1.33. The van der Waals surface area contributed by atoms with Crippen molar-refractivity contribution in [3.8, 4) is 0 Å². The molecule has 0 fully saturated rings. The number of quaternary nitrogens is 1. The topological polar surface area (TPSA) is 108 Å². The number of carbonyl (C=O) groups is 1. The van der Waals surface area contributed by atoms with Crippen LogP contribution < -0.4 is 10.2 Å². The fourth-order valence-electron chi connectivity index (χ4n) is 11.9. The Hall–Kier alpha value is -0.760. The van der Waals surface area contributed by atoms with E-state index in [9.17, 15) is 19.4 Å². The molecule has 0 bridgehead atoms. The number of hydrogen-bond acceptors (Lipinski definition) is 6. The van der Waals surface area contributed by atoms with E-state index in [4.69, 9.17) is 9.05 Å². The van der Waals surface area contributed by atoms with Crippen LogP contribution in [0.5, 0.6) is 0 Å². The molecular formula is C74H149N2O6P. The van der Waals surface area contributed by atoms with Gasteiger partial charge in [0.2, 0.25) is 5.91 Å². The summed E-state index contributed by atoms with van der Waals surface area (Å²) in [4.78, 5) is 25.7. The lowest BCUT2D eigenvalue weighted by Crippen LogP contribution is -2.46. The molecule has 0 aliphatic carbocycles. The van der Waals surface area contributed by atoms with Crippen LogP contribution in [0.3, 0.4) is 0 Å². The van der Waals surface area contributed by atoms with Crippen molar-refractivity contribution in [3.63, 3.8) is 0 Å². The maximum Gasteiger partial charge on any atom is 0.268 e. The van der Waals surface area contributed by atoms with Gasteiger partial charge in [-0.15, -0.1) is 0 Å². The Balaban J connectivity index is 3.91. The van der Waals surface area contributed by atoms with Crippen LogP contribution >= 0.6 is 7.82 Å². The number of aliphatic hydroxyl groups excluding tert-OH is 1. The van der Waals surface area contributed by atoms with Crippen molar-refractivity contribution in [2.45, 2.75) is 418 Å². The molecule has 0 aromatic rings. The van der Waals surface area contributed by atoms with Gasteiger partial charge in [0, 0.05) is 6.42 Å². The zero-order valence-electron chi connectivity index (χ0n) is 56.9. The summed E-state index contributed by atoms with van der Waals surface area (Å²) >= 11 is 0. The van der Waals surface area contributed by atoms with Gasteiger partial charge in [-0.3, -0.25) is 9.36 Å². The molecule has 9 heteroatoms. The van der Waals surface area contributed by atoms with Crippen molar-refractivity contribution in [1.82, 2.24) is 5.32 Å². The molecule has 0 aliphatic rings. The first-order valence-corrected chi connectivity index (χ1v) is 39.0. The first kappa shape index (κ1) is 82.2. The normalized spacial score (nSPS) is 13.6. The number of rotatable bonds is 71. The summed E-state index contributed by atoms with van der Waals surface area (Å²) in [6.45, 7) is 4.80. The fraction of sp³-hybridized carbons (Fsp3) is 0.959. The Kier molecular flexibility index (Phi) is 65.1. The molecule has 0 rings (SSSR count). The van der Waals surface area contributed by atoms with Crippen LogP contribution in [0.1, 0.15) is 406 Å². The fourth-order valence-corrected chi connectivity index (χ4v) is 12.6. The number of aliphatic hydroxyl groups is 1. The number of likely N-dealkylation sites (N-methyl/N-ethyl adjacent to an activating group) is 1. The van der Waals surface area contributed by atoms with Crippen LogP contribution in [0.25, 0.3) is 0 Å². The Bertz CT molecular complexity index is 1360. The highest BCUT2D eigenvalue weighted by molar-refractivity contribution is 7.45. The molecule has 8 nitrogen and oxygen atoms in total. The molecule has 83 heavy (non-hydrogen) atoms. The number of phosphoric acid groups is 1. The molecule has 0 aromatic carbocycles. The van der Waals surface area contributed by atoms with Crippen LogP contribution in [0.15, 0.2) is 12.2 Å². The van der Waals surface area contributed by atoms with Gasteiger partial charge < -0.3 is 28.8 Å². The number of nitrogens with zero attached hydrogens (tertiary/aromatic N) is 1. The van der Waals surface area contributed by atoms with E-state index in [1.807, 2.05) is 21.1 Å². The summed E-state index contributed by atoms with van der Waals surface area (Å²) in [5.41, 5.74) is 0. The van der Waals surface area contributed by atoms with Crippen molar-refractivity contribution in [2.24, 2.45) is 0 Å². The van der Waals surface area contributed by atoms with Gasteiger partial charge in [-0.05, 0) is 38.5 Å². The van der Waals surface area contributed by atoms with E-state index in [1.165, 1.54) is 340 Å². The molecule has 2 N–H and O–H groups in total. The minimum Gasteiger partial charge on any atom is -0.756 e. The predicted octanol–water partition coefficient (Wildman–Crippen LogP) is 23.4. The van der Waals surface area contributed by atoms with E-state index in [0.717, 1.165) is 38.5 Å². The number of phosphoric ester groups is 1. The van der Waals surface area contributed by atoms with Gasteiger partial charge in [0.1, 0.15) is 13.2 Å². The quantitative estimate of drug-likeness (QED) is 0.0272. The Morgan fingerprint density at radius 2 is 0.663 bits per heavy atom. The average molecular weight is 1190 g/mol. The van der Waals surface area contributed by atoms with Crippen LogP contribution in [0.2, 0.25) is 0 Å². The second-order valence-corrected chi connectivity index (χ2v) is 28.8. The molecule has 0 saturated heterocycles. The minimum absolute atomic E-state index is 0.0163. The summed E-state index contributed by atoms with van der Waals surface area (Å²) in [5, 5.41) is 14.1. The van der Waals surface area contributed by atoms with Gasteiger partial charge in [-0.2, -0.15) is 0 Å². The number of carbonyl (C=O) groups excluding carboxylic acids is 1. The van der Waals surface area contributed by atoms with Crippen molar-refractivity contribution >= 4 is 13.7 Å². The van der Waals surface area contributed by atoms with E-state index >= 15 is 0 Å². The molecular weight excluding hydrogens is 1040 g/mol. The van der Waals surface area contributed by atoms with E-state index < -0.39 is 20.0 Å². The first-order valence-electron chi connectivity index (χ1n) is 37.5. The molecule has 0 aliphatic heterocycles. The zero-order chi connectivity index (χ0) is 60.5. The monoisotopic (exact) mass is 1190 g/mol. The maximum absolute atomic E-state index is 13.1. The summed E-state index contributed by atoms with van der Waals surface area (Å²) in [6, 6.07) is -0.798. The average Bonchev–Trinajstić information content (AvgIpc) is 3.50. The smallest absolute Gasteiger partial charge is 0.268 e. The third-order valence-electron chi connectivity index (χ3n) is 17.8. The van der Waals surface area contributed by atoms with Gasteiger partial charge in [-0.25, -0.2) is 0 Å². The van der Waals surface area contributed by atoms with Crippen LogP contribution in [-0.2, 0) is 18.4 Å². The second-order valence-electron chi connectivity index (χ2n) is 27.4. The molecule has 0 radical (unpaired) electrons. The van der Waals surface area contributed by atoms with E-state index in [0.29, 0.717) is 23.9 Å². The van der Waals surface area contributed by atoms with Gasteiger partial charge in [0.25, 0.3) is 7.82 Å². The first-order chi connectivity index (χ1) is 40.5. The maximum atomic E-state index is 13.1. The van der Waals surface area contributed by atoms with E-state index in [-0.39, 0.29) is 19.1 Å². The SMILES string of the molecule is CCCCCCCCCC/C=C\CCCCCCCCCCCCCCCCCCCCCCCCCCCC(=O)NC(COP(=O)([O-])OCC[N+](C)(C)C)C(O)CCCCCCCCCCCCCCCCCCCCCCCCCC. The Morgan fingerprint density at radius 1 is 0.410 bits per heavy atom. The summed E-state index contributed by atoms with van der Waals surface area (Å²) < 4.78 is 23.6. The molecule has 0 heterocycles. The van der Waals surface area contributed by atoms with Crippen LogP contribution in [0.4, 0.5) is 0 Å². The third kappa shape index (κ3) is 68.6. The van der Waals surface area contributed by atoms with E-state index in [1.54, 1.807) is 0 Å². The Labute approximate surface area is 520 Å². The van der Waals surface area contributed by atoms with Crippen molar-refractivity contribution in [3.05, 3.63) is 12.2 Å². The number of hydrogen-bond donors (Lipinski definition) is 2. The number of amides is 1. The predicted molar refractivity (Wildman–Crippen MR) is 362 cm³/mol. The minimum atomic E-state index is -4.58. The summed E-state index contributed by atoms with van der Waals surface area (Å²) in [5.74, 6) is -0.154. The van der Waals surface area contributed by atoms with Gasteiger partial charge in [-0.1, -0.05) is 373 Å². The van der Waals surface area contributed by atoms with Crippen LogP contribution in [-0.4, -0.2) is 68.5 Å². The molecule has 0 saturated carbocycles. The molecule has 496 valence electrons. The molecule has 0 spiro atoms. The molecule has 1 amide bonds. The lowest BCUT2D eigenvalue weighted by molar-refractivity contribution is -0.870. The Morgan fingerprint density at radius 3 is 0.940 bits per heavy atom. The molecule has 3 unspecified atom stereocenters.